The zero-order valence-corrected chi connectivity index (χ0v) is 15.8. The molecule has 0 saturated heterocycles. The maximum Gasteiger partial charge on any atom is 0.431 e. The van der Waals surface area contributed by atoms with Gasteiger partial charge in [0.2, 0.25) is 5.89 Å². The second-order valence-corrected chi connectivity index (χ2v) is 8.09. The molecule has 1 saturated carbocycles. The van der Waals surface area contributed by atoms with Crippen LogP contribution < -0.4 is 5.32 Å². The lowest BCUT2D eigenvalue weighted by Crippen LogP contribution is -2.21. The van der Waals surface area contributed by atoms with E-state index in [9.17, 15) is 18.0 Å². The molecular weight excluding hydrogens is 424 g/mol. The second kappa shape index (κ2) is 5.80. The first kappa shape index (κ1) is 18.9. The Morgan fingerprint density at radius 1 is 1.25 bits per heavy atom. The molecule has 0 aliphatic heterocycles. The number of alkyl halides is 5. The van der Waals surface area contributed by atoms with E-state index in [4.69, 9.17) is 27.6 Å². The highest BCUT2D eigenvalue weighted by atomic mass is 35.5. The molecule has 1 aliphatic rings. The fourth-order valence-corrected chi connectivity index (χ4v) is 3.61. The summed E-state index contributed by atoms with van der Waals surface area (Å²) in [6.07, 6.45) is -4.53. The summed E-state index contributed by atoms with van der Waals surface area (Å²) in [6, 6.07) is 1.57. The van der Waals surface area contributed by atoms with Crippen LogP contribution in [-0.4, -0.2) is 35.0 Å². The molecule has 1 unspecified atom stereocenters. The van der Waals surface area contributed by atoms with Crippen LogP contribution in [0, 0.1) is 6.92 Å². The highest BCUT2D eigenvalue weighted by Crippen LogP contribution is 2.64. The zero-order chi connectivity index (χ0) is 20.5. The fourth-order valence-electron chi connectivity index (χ4n) is 2.91. The van der Waals surface area contributed by atoms with Crippen LogP contribution in [0.5, 0.6) is 0 Å². The molecule has 1 N–H and O–H groups in total. The summed E-state index contributed by atoms with van der Waals surface area (Å²) in [4.78, 5) is 12.5. The number of carbonyl (C=O) groups is 1. The number of nitrogens with zero attached hydrogens (tertiary/aromatic N) is 5. The number of aromatic nitrogens is 5. The summed E-state index contributed by atoms with van der Waals surface area (Å²) in [6.45, 7) is 3.10. The van der Waals surface area contributed by atoms with Gasteiger partial charge in [0, 0.05) is 6.92 Å². The van der Waals surface area contributed by atoms with Gasteiger partial charge in [-0.15, -0.1) is 38.5 Å². The standard InChI is InChI=1S/C15H11Cl2F3N6O2/c1-6-22-25-12(28-6)21-10(27)7-3-4-8(15(18,19)20)26-9(7)23-24-11(26)13(2)5-14(13,16)17/h3-4H,5H2,1-2H3,(H,21,25,27). The number of rotatable bonds is 3. The Labute approximate surface area is 165 Å². The number of nitrogens with one attached hydrogen (secondary N) is 1. The fraction of sp³-hybridized carbons (Fsp3) is 0.400. The van der Waals surface area contributed by atoms with Gasteiger partial charge in [0.15, 0.2) is 5.65 Å². The molecule has 0 spiro atoms. The number of anilines is 1. The third-order valence-electron chi connectivity index (χ3n) is 4.59. The van der Waals surface area contributed by atoms with E-state index < -0.39 is 27.5 Å². The van der Waals surface area contributed by atoms with Crippen molar-refractivity contribution >= 4 is 40.8 Å². The Balaban J connectivity index is 1.86. The van der Waals surface area contributed by atoms with Crippen LogP contribution in [0.4, 0.5) is 19.2 Å². The van der Waals surface area contributed by atoms with Gasteiger partial charge in [-0.05, 0) is 25.5 Å². The molecular formula is C15H11Cl2F3N6O2. The molecule has 4 rings (SSSR count). The third kappa shape index (κ3) is 2.80. The first-order valence-electron chi connectivity index (χ1n) is 7.89. The smallest absolute Gasteiger partial charge is 0.408 e. The maximum absolute atomic E-state index is 13.6. The largest absolute Gasteiger partial charge is 0.431 e. The van der Waals surface area contributed by atoms with Crippen molar-refractivity contribution < 1.29 is 22.4 Å². The van der Waals surface area contributed by atoms with Gasteiger partial charge in [0.1, 0.15) is 15.9 Å². The molecule has 0 radical (unpaired) electrons. The normalized spacial score (nSPS) is 21.1. The van der Waals surface area contributed by atoms with Crippen molar-refractivity contribution in [2.24, 2.45) is 0 Å². The molecule has 3 aromatic heterocycles. The highest BCUT2D eigenvalue weighted by molar-refractivity contribution is 6.52. The average molecular weight is 435 g/mol. The minimum Gasteiger partial charge on any atom is -0.408 e. The van der Waals surface area contributed by atoms with Gasteiger partial charge >= 0.3 is 12.2 Å². The summed E-state index contributed by atoms with van der Waals surface area (Å²) in [5, 5.41) is 17.2. The molecule has 0 aromatic carbocycles. The van der Waals surface area contributed by atoms with Crippen LogP contribution in [0.2, 0.25) is 0 Å². The maximum atomic E-state index is 13.6. The topological polar surface area (TPSA) is 98.2 Å². The minimum absolute atomic E-state index is 0.0805. The first-order valence-corrected chi connectivity index (χ1v) is 8.65. The van der Waals surface area contributed by atoms with Gasteiger partial charge in [-0.1, -0.05) is 5.10 Å². The van der Waals surface area contributed by atoms with E-state index in [2.05, 4.69) is 25.7 Å². The molecule has 1 atom stereocenters. The molecule has 3 aromatic rings. The van der Waals surface area contributed by atoms with E-state index in [0.29, 0.717) is 0 Å². The van der Waals surface area contributed by atoms with E-state index >= 15 is 0 Å². The molecule has 148 valence electrons. The second-order valence-electron chi connectivity index (χ2n) is 6.61. The Hall–Kier alpha value is -2.40. The lowest BCUT2D eigenvalue weighted by Gasteiger charge is -2.16. The van der Waals surface area contributed by atoms with Crippen molar-refractivity contribution in [3.63, 3.8) is 0 Å². The number of hydrogen-bond donors (Lipinski definition) is 1. The Kier molecular flexibility index (Phi) is 3.92. The highest BCUT2D eigenvalue weighted by Gasteiger charge is 2.67. The predicted octanol–water partition coefficient (Wildman–Crippen LogP) is 3.53. The lowest BCUT2D eigenvalue weighted by molar-refractivity contribution is -0.142. The summed E-state index contributed by atoms with van der Waals surface area (Å²) in [5.74, 6) is -0.659. The molecule has 3 heterocycles. The third-order valence-corrected chi connectivity index (χ3v) is 5.69. The predicted molar refractivity (Wildman–Crippen MR) is 91.4 cm³/mol. The monoisotopic (exact) mass is 434 g/mol. The van der Waals surface area contributed by atoms with Crippen molar-refractivity contribution in [3.8, 4) is 0 Å². The van der Waals surface area contributed by atoms with Gasteiger partial charge in [-0.25, -0.2) is 0 Å². The average Bonchev–Trinajstić information content (AvgIpc) is 2.98. The summed E-state index contributed by atoms with van der Waals surface area (Å²) in [5.41, 5.74) is -2.56. The number of carbonyl (C=O) groups excluding carboxylic acids is 1. The van der Waals surface area contributed by atoms with E-state index in [-0.39, 0.29) is 35.4 Å². The van der Waals surface area contributed by atoms with E-state index in [0.717, 1.165) is 16.5 Å². The van der Waals surface area contributed by atoms with Gasteiger partial charge in [0.25, 0.3) is 5.91 Å². The van der Waals surface area contributed by atoms with Crippen LogP contribution in [-0.2, 0) is 11.6 Å². The summed E-state index contributed by atoms with van der Waals surface area (Å²) < 4.78 is 45.3. The molecule has 1 amide bonds. The van der Waals surface area contributed by atoms with E-state index in [1.165, 1.54) is 6.92 Å². The molecule has 8 nitrogen and oxygen atoms in total. The van der Waals surface area contributed by atoms with Crippen LogP contribution in [0.15, 0.2) is 16.5 Å². The Bertz CT molecular complexity index is 1110. The SMILES string of the molecule is Cc1nnc(NC(=O)c2ccc(C(F)(F)F)n3c(C4(C)CC4(Cl)Cl)nnc23)o1. The van der Waals surface area contributed by atoms with Crippen molar-refractivity contribution in [1.29, 1.82) is 0 Å². The first-order chi connectivity index (χ1) is 12.9. The van der Waals surface area contributed by atoms with Crippen molar-refractivity contribution in [2.75, 3.05) is 5.32 Å². The van der Waals surface area contributed by atoms with Crippen molar-refractivity contribution in [1.82, 2.24) is 24.8 Å². The quantitative estimate of drug-likeness (QED) is 0.633. The number of aryl methyl sites for hydroxylation is 1. The van der Waals surface area contributed by atoms with Crippen molar-refractivity contribution in [3.05, 3.63) is 35.1 Å². The van der Waals surface area contributed by atoms with Gasteiger partial charge in [0.05, 0.1) is 11.0 Å². The van der Waals surface area contributed by atoms with Crippen molar-refractivity contribution in [2.45, 2.75) is 36.2 Å². The molecule has 28 heavy (non-hydrogen) atoms. The van der Waals surface area contributed by atoms with Crippen LogP contribution >= 0.6 is 23.2 Å². The van der Waals surface area contributed by atoms with Gasteiger partial charge in [-0.3, -0.25) is 14.5 Å². The lowest BCUT2D eigenvalue weighted by atomic mass is 10.1. The molecule has 13 heteroatoms. The Morgan fingerprint density at radius 2 is 1.93 bits per heavy atom. The summed E-state index contributed by atoms with van der Waals surface area (Å²) >= 11 is 12.2. The Morgan fingerprint density at radius 3 is 2.46 bits per heavy atom. The number of halogens is 5. The number of amides is 1. The van der Waals surface area contributed by atoms with E-state index in [1.807, 2.05) is 0 Å². The van der Waals surface area contributed by atoms with Crippen LogP contribution in [0.3, 0.4) is 0 Å². The number of hydrogen-bond acceptors (Lipinski definition) is 6. The molecule has 0 bridgehead atoms. The van der Waals surface area contributed by atoms with Crippen LogP contribution in [0.1, 0.15) is 41.1 Å². The van der Waals surface area contributed by atoms with E-state index in [1.54, 1.807) is 6.92 Å². The van der Waals surface area contributed by atoms with Gasteiger partial charge in [-0.2, -0.15) is 13.2 Å². The zero-order valence-electron chi connectivity index (χ0n) is 14.3. The molecule has 1 aliphatic carbocycles. The number of pyridine rings is 1. The molecule has 1 fully saturated rings. The van der Waals surface area contributed by atoms with Gasteiger partial charge < -0.3 is 4.42 Å². The van der Waals surface area contributed by atoms with Crippen LogP contribution in [0.25, 0.3) is 5.65 Å². The summed E-state index contributed by atoms with van der Waals surface area (Å²) in [7, 11) is 0. The minimum atomic E-state index is -4.72. The number of fused-ring (bicyclic) bond motifs is 1.